The van der Waals surface area contributed by atoms with Gasteiger partial charge in [0.2, 0.25) is 0 Å². The smallest absolute Gasteiger partial charge is 0.143 e. The lowest BCUT2D eigenvalue weighted by Gasteiger charge is -2.22. The molecule has 1 aliphatic carbocycles. The molecule has 2 heteroatoms. The van der Waals surface area contributed by atoms with Gasteiger partial charge in [0.15, 0.2) is 0 Å². The zero-order valence-corrected chi connectivity index (χ0v) is 29.6. The van der Waals surface area contributed by atoms with Crippen molar-refractivity contribution in [2.45, 2.75) is 26.2 Å². The van der Waals surface area contributed by atoms with E-state index in [-0.39, 0.29) is 5.41 Å². The summed E-state index contributed by atoms with van der Waals surface area (Å²) in [5.41, 5.74) is 15.4. The molecule has 0 bridgehead atoms. The van der Waals surface area contributed by atoms with Crippen LogP contribution in [0.1, 0.15) is 36.3 Å². The first-order chi connectivity index (χ1) is 25.4. The van der Waals surface area contributed by atoms with E-state index in [4.69, 9.17) is 4.42 Å². The van der Waals surface area contributed by atoms with Gasteiger partial charge in [0.1, 0.15) is 11.3 Å². The van der Waals surface area contributed by atoms with Gasteiger partial charge in [-0.15, -0.1) is 0 Å². The van der Waals surface area contributed by atoms with Crippen LogP contribution in [0.5, 0.6) is 0 Å². The molecule has 10 rings (SSSR count). The normalized spacial score (nSPS) is 13.4. The Morgan fingerprint density at radius 2 is 1.33 bits per heavy atom. The van der Waals surface area contributed by atoms with E-state index in [0.29, 0.717) is 0 Å². The third kappa shape index (κ3) is 4.37. The summed E-state index contributed by atoms with van der Waals surface area (Å²) < 4.78 is 9.05. The summed E-state index contributed by atoms with van der Waals surface area (Å²) >= 11 is 0. The Kier molecular flexibility index (Phi) is 6.62. The molecule has 0 fully saturated rings. The minimum Gasteiger partial charge on any atom is -0.456 e. The number of aryl methyl sites for hydroxylation is 1. The quantitative estimate of drug-likeness (QED) is 0.167. The highest BCUT2D eigenvalue weighted by molar-refractivity contribution is 6.12. The summed E-state index contributed by atoms with van der Waals surface area (Å²) in [5, 5.41) is 6.17. The van der Waals surface area contributed by atoms with E-state index in [1.807, 2.05) is 12.2 Å². The highest BCUT2D eigenvalue weighted by Gasteiger charge is 2.38. The first-order valence-corrected chi connectivity index (χ1v) is 18.0. The number of hydrogen-bond donors (Lipinski definition) is 0. The average Bonchev–Trinajstić information content (AvgIpc) is 3.77. The van der Waals surface area contributed by atoms with Crippen LogP contribution < -0.4 is 0 Å². The lowest BCUT2D eigenvalue weighted by molar-refractivity contribution is 0.600. The number of benzene rings is 7. The second kappa shape index (κ2) is 11.3. The molecule has 2 aromatic heterocycles. The van der Waals surface area contributed by atoms with Gasteiger partial charge >= 0.3 is 0 Å². The molecule has 7 aromatic carbocycles. The van der Waals surface area contributed by atoms with E-state index in [0.717, 1.165) is 28.0 Å². The number of allylic oxidation sites excluding steroid dienone is 2. The molecule has 2 heterocycles. The van der Waals surface area contributed by atoms with Crippen LogP contribution in [0, 0.1) is 6.92 Å². The van der Waals surface area contributed by atoms with Crippen LogP contribution in [0.2, 0.25) is 0 Å². The molecule has 1 aliphatic rings. The van der Waals surface area contributed by atoms with E-state index in [1.54, 1.807) is 6.08 Å². The van der Waals surface area contributed by atoms with Crippen molar-refractivity contribution in [1.82, 2.24) is 4.57 Å². The van der Waals surface area contributed by atoms with Gasteiger partial charge in [-0.05, 0) is 99.1 Å². The molecule has 9 aromatic rings. The monoisotopic (exact) mass is 667 g/mol. The predicted octanol–water partition coefficient (Wildman–Crippen LogP) is 13.8. The molecule has 0 amide bonds. The first-order valence-electron chi connectivity index (χ1n) is 18.0. The summed E-state index contributed by atoms with van der Waals surface area (Å²) in [7, 11) is 0. The molecule has 0 unspecified atom stereocenters. The van der Waals surface area contributed by atoms with Crippen molar-refractivity contribution < 1.29 is 4.42 Å². The number of fused-ring (bicyclic) bond motifs is 9. The second-order valence-corrected chi connectivity index (χ2v) is 14.6. The minimum atomic E-state index is -0.201. The lowest BCUT2D eigenvalue weighted by Crippen LogP contribution is -2.15. The van der Waals surface area contributed by atoms with Crippen molar-refractivity contribution in [3.8, 4) is 39.1 Å². The van der Waals surface area contributed by atoms with Crippen LogP contribution in [0.3, 0.4) is 0 Å². The van der Waals surface area contributed by atoms with Crippen molar-refractivity contribution in [2.24, 2.45) is 0 Å². The second-order valence-electron chi connectivity index (χ2n) is 14.6. The Labute approximate surface area is 303 Å². The van der Waals surface area contributed by atoms with Crippen molar-refractivity contribution in [1.29, 1.82) is 0 Å². The summed E-state index contributed by atoms with van der Waals surface area (Å²) in [4.78, 5) is 0. The van der Waals surface area contributed by atoms with Gasteiger partial charge in [0.25, 0.3) is 0 Å². The van der Waals surface area contributed by atoms with E-state index in [2.05, 4.69) is 171 Å². The lowest BCUT2D eigenvalue weighted by atomic mass is 9.82. The zero-order chi connectivity index (χ0) is 35.1. The molecule has 0 saturated carbocycles. The van der Waals surface area contributed by atoms with E-state index < -0.39 is 0 Å². The average molecular weight is 668 g/mol. The molecule has 0 atom stereocenters. The molecule has 0 aliphatic heterocycles. The third-order valence-electron chi connectivity index (χ3n) is 11.4. The van der Waals surface area contributed by atoms with Gasteiger partial charge in [0, 0.05) is 38.4 Å². The van der Waals surface area contributed by atoms with E-state index >= 15 is 0 Å². The molecule has 2 nitrogen and oxygen atoms in total. The van der Waals surface area contributed by atoms with Crippen LogP contribution in [0.4, 0.5) is 0 Å². The highest BCUT2D eigenvalue weighted by Crippen LogP contribution is 2.53. The SMILES string of the molecule is C=C/C=C\c1oc2c3c(ccc2c1C)C(C)(C)c1cc(-n2c4ccc(-c5ccccc5)cc4c4cc(-c5cccc6ccccc56)ccc42)ccc1-3. The third-order valence-corrected chi connectivity index (χ3v) is 11.4. The molecular weight excluding hydrogens is 631 g/mol. The van der Waals surface area contributed by atoms with Crippen LogP contribution in [0.15, 0.2) is 163 Å². The van der Waals surface area contributed by atoms with Crippen molar-refractivity contribution in [2.75, 3.05) is 0 Å². The summed E-state index contributed by atoms with van der Waals surface area (Å²) in [5.74, 6) is 0.884. The van der Waals surface area contributed by atoms with Crippen LogP contribution >= 0.6 is 0 Å². The largest absolute Gasteiger partial charge is 0.456 e. The molecule has 0 N–H and O–H groups in total. The Hall–Kier alpha value is -6.38. The number of rotatable bonds is 5. The van der Waals surface area contributed by atoms with Crippen LogP contribution in [0.25, 0.3) is 88.7 Å². The predicted molar refractivity (Wildman–Crippen MR) is 220 cm³/mol. The molecular formula is C50H37NO. The first kappa shape index (κ1) is 30.4. The molecule has 0 spiro atoms. The fourth-order valence-corrected chi connectivity index (χ4v) is 8.71. The maximum Gasteiger partial charge on any atom is 0.143 e. The summed E-state index contributed by atoms with van der Waals surface area (Å²) in [6.45, 7) is 10.7. The molecule has 52 heavy (non-hydrogen) atoms. The van der Waals surface area contributed by atoms with E-state index in [9.17, 15) is 0 Å². The Morgan fingerprint density at radius 3 is 2.13 bits per heavy atom. The Balaban J connectivity index is 1.20. The number of nitrogens with zero attached hydrogens (tertiary/aromatic N) is 1. The van der Waals surface area contributed by atoms with Crippen LogP contribution in [-0.4, -0.2) is 4.57 Å². The maximum absolute atomic E-state index is 6.59. The fourth-order valence-electron chi connectivity index (χ4n) is 8.71. The van der Waals surface area contributed by atoms with Gasteiger partial charge in [-0.2, -0.15) is 0 Å². The molecule has 248 valence electrons. The number of furan rings is 1. The maximum atomic E-state index is 6.59. The zero-order valence-electron chi connectivity index (χ0n) is 29.6. The van der Waals surface area contributed by atoms with Gasteiger partial charge < -0.3 is 8.98 Å². The van der Waals surface area contributed by atoms with E-state index in [1.165, 1.54) is 77.1 Å². The topological polar surface area (TPSA) is 18.1 Å². The van der Waals surface area contributed by atoms with Crippen molar-refractivity contribution >= 4 is 49.6 Å². The van der Waals surface area contributed by atoms with Gasteiger partial charge in [-0.1, -0.05) is 136 Å². The summed E-state index contributed by atoms with van der Waals surface area (Å²) in [6, 6.07) is 51.5. The molecule has 0 saturated heterocycles. The van der Waals surface area contributed by atoms with Gasteiger partial charge in [-0.3, -0.25) is 0 Å². The number of aromatic nitrogens is 1. The van der Waals surface area contributed by atoms with Gasteiger partial charge in [0.05, 0.1) is 11.0 Å². The minimum absolute atomic E-state index is 0.201. The standard InChI is InChI=1S/C50H37NO/c1-5-6-19-47-31(2)37-24-25-43-48(49(37)52-47)40-23-22-36(30-44(40)50(43,3)4)51-45-26-20-34(32-13-8-7-9-14-32)28-41(45)42-29-35(21-27-46(42)51)39-18-12-16-33-15-10-11-17-38(33)39/h5-30H,1H2,2-4H3/b19-6-. The van der Waals surface area contributed by atoms with Crippen molar-refractivity contribution in [3.05, 3.63) is 181 Å². The number of hydrogen-bond acceptors (Lipinski definition) is 1. The fraction of sp³-hybridized carbons (Fsp3) is 0.0800. The Bertz CT molecular complexity index is 2940. The Morgan fingerprint density at radius 1 is 0.596 bits per heavy atom. The highest BCUT2D eigenvalue weighted by atomic mass is 16.3. The molecule has 0 radical (unpaired) electrons. The van der Waals surface area contributed by atoms with Gasteiger partial charge in [-0.25, -0.2) is 0 Å². The van der Waals surface area contributed by atoms with Crippen LogP contribution in [-0.2, 0) is 5.41 Å². The summed E-state index contributed by atoms with van der Waals surface area (Å²) in [6.07, 6.45) is 5.74. The van der Waals surface area contributed by atoms with Crippen molar-refractivity contribution in [3.63, 3.8) is 0 Å².